The van der Waals surface area contributed by atoms with Crippen LogP contribution >= 0.6 is 0 Å². The molecule has 0 aromatic heterocycles. The normalized spacial score (nSPS) is 13.2. The van der Waals surface area contributed by atoms with Crippen LogP contribution in [0.5, 0.6) is 5.75 Å². The number of benzene rings is 2. The number of anilines is 1. The van der Waals surface area contributed by atoms with Crippen LogP contribution in [0.2, 0.25) is 0 Å². The topological polar surface area (TPSA) is 62.7 Å². The number of aliphatic imine (C=N–C) groups is 1. The zero-order chi connectivity index (χ0) is 16.1. The van der Waals surface area contributed by atoms with Crippen LogP contribution in [0.4, 0.5) is 5.69 Å². The minimum atomic E-state index is -0.0476. The van der Waals surface area contributed by atoms with Gasteiger partial charge in [0.2, 0.25) is 5.91 Å². The second-order valence-electron chi connectivity index (χ2n) is 5.31. The third kappa shape index (κ3) is 3.88. The molecule has 5 nitrogen and oxygen atoms in total. The van der Waals surface area contributed by atoms with E-state index in [-0.39, 0.29) is 5.91 Å². The molecular weight excluding hydrogens is 290 g/mol. The first-order valence-corrected chi connectivity index (χ1v) is 7.56. The van der Waals surface area contributed by atoms with Crippen LogP contribution in [0.1, 0.15) is 11.1 Å². The van der Waals surface area contributed by atoms with Crippen LogP contribution in [-0.2, 0) is 11.2 Å². The Balaban J connectivity index is 1.64. The minimum Gasteiger partial charge on any atom is -0.497 e. The van der Waals surface area contributed by atoms with E-state index in [1.54, 1.807) is 7.11 Å². The van der Waals surface area contributed by atoms with Gasteiger partial charge in [0.15, 0.2) is 0 Å². The lowest BCUT2D eigenvalue weighted by Crippen LogP contribution is -2.20. The molecule has 5 heteroatoms. The molecule has 0 fully saturated rings. The quantitative estimate of drug-likeness (QED) is 0.890. The Bertz CT molecular complexity index is 723. The van der Waals surface area contributed by atoms with E-state index in [4.69, 9.17) is 4.74 Å². The number of nitrogens with zero attached hydrogens (tertiary/aromatic N) is 1. The molecule has 0 saturated carbocycles. The highest BCUT2D eigenvalue weighted by molar-refractivity contribution is 6.01. The molecule has 3 rings (SSSR count). The summed E-state index contributed by atoms with van der Waals surface area (Å²) in [6, 6.07) is 15.2. The lowest BCUT2D eigenvalue weighted by atomic mass is 10.1. The summed E-state index contributed by atoms with van der Waals surface area (Å²) in [4.78, 5) is 16.6. The van der Waals surface area contributed by atoms with Crippen molar-refractivity contribution < 1.29 is 9.53 Å². The highest BCUT2D eigenvalue weighted by atomic mass is 16.5. The zero-order valence-corrected chi connectivity index (χ0v) is 13.0. The van der Waals surface area contributed by atoms with E-state index in [9.17, 15) is 4.79 Å². The maximum atomic E-state index is 12.2. The Morgan fingerprint density at radius 2 is 2.09 bits per heavy atom. The first-order chi connectivity index (χ1) is 11.2. The van der Waals surface area contributed by atoms with Crippen LogP contribution < -0.4 is 15.4 Å². The van der Waals surface area contributed by atoms with Crippen molar-refractivity contribution in [1.29, 1.82) is 0 Å². The van der Waals surface area contributed by atoms with E-state index in [1.165, 1.54) is 0 Å². The van der Waals surface area contributed by atoms with Crippen molar-refractivity contribution >= 4 is 17.4 Å². The van der Waals surface area contributed by atoms with Crippen molar-refractivity contribution in [2.45, 2.75) is 6.42 Å². The molecule has 0 unspecified atom stereocenters. The number of hydrogen-bond acceptors (Lipinski definition) is 4. The van der Waals surface area contributed by atoms with Crippen LogP contribution in [0.3, 0.4) is 0 Å². The summed E-state index contributed by atoms with van der Waals surface area (Å²) >= 11 is 0. The maximum absolute atomic E-state index is 12.2. The summed E-state index contributed by atoms with van der Waals surface area (Å²) in [6.45, 7) is 1.66. The summed E-state index contributed by atoms with van der Waals surface area (Å²) in [7, 11) is 1.62. The van der Waals surface area contributed by atoms with Crippen molar-refractivity contribution in [2.24, 2.45) is 4.99 Å². The number of methoxy groups -OCH3 is 1. The SMILES string of the molecule is COc1ccc(CC(=O)Nc2cccc(C3=NCCN3)c2)cc1. The molecule has 118 valence electrons. The van der Waals surface area contributed by atoms with E-state index in [0.29, 0.717) is 6.42 Å². The lowest BCUT2D eigenvalue weighted by molar-refractivity contribution is -0.115. The number of carbonyl (C=O) groups excluding carboxylic acids is 1. The number of ether oxygens (including phenoxy) is 1. The van der Waals surface area contributed by atoms with Crippen LogP contribution in [0, 0.1) is 0 Å². The van der Waals surface area contributed by atoms with Gasteiger partial charge >= 0.3 is 0 Å². The number of carbonyl (C=O) groups is 1. The van der Waals surface area contributed by atoms with Gasteiger partial charge < -0.3 is 15.4 Å². The third-order valence-corrected chi connectivity index (χ3v) is 3.62. The molecule has 2 N–H and O–H groups in total. The fourth-order valence-corrected chi connectivity index (χ4v) is 2.47. The molecule has 0 spiro atoms. The number of rotatable bonds is 5. The molecule has 0 aliphatic carbocycles. The molecule has 1 aliphatic rings. The molecule has 23 heavy (non-hydrogen) atoms. The van der Waals surface area contributed by atoms with Crippen molar-refractivity contribution in [3.63, 3.8) is 0 Å². The van der Waals surface area contributed by atoms with Gasteiger partial charge in [0.25, 0.3) is 0 Å². The Morgan fingerprint density at radius 1 is 1.26 bits per heavy atom. The van der Waals surface area contributed by atoms with Crippen molar-refractivity contribution in [3.05, 3.63) is 59.7 Å². The number of amides is 1. The average molecular weight is 309 g/mol. The Morgan fingerprint density at radius 3 is 2.78 bits per heavy atom. The van der Waals surface area contributed by atoms with Crippen molar-refractivity contribution in [3.8, 4) is 5.75 Å². The summed E-state index contributed by atoms with van der Waals surface area (Å²) in [6.07, 6.45) is 0.327. The van der Waals surface area contributed by atoms with Crippen LogP contribution in [0.15, 0.2) is 53.5 Å². The summed E-state index contributed by atoms with van der Waals surface area (Å²) in [5, 5.41) is 6.16. The highest BCUT2D eigenvalue weighted by Gasteiger charge is 2.09. The molecule has 1 amide bonds. The first-order valence-electron chi connectivity index (χ1n) is 7.56. The highest BCUT2D eigenvalue weighted by Crippen LogP contribution is 2.14. The monoisotopic (exact) mass is 309 g/mol. The Hall–Kier alpha value is -2.82. The largest absolute Gasteiger partial charge is 0.497 e. The lowest BCUT2D eigenvalue weighted by Gasteiger charge is -2.08. The third-order valence-electron chi connectivity index (χ3n) is 3.62. The Labute approximate surface area is 135 Å². The molecule has 0 saturated heterocycles. The second kappa shape index (κ2) is 6.96. The van der Waals surface area contributed by atoms with Crippen LogP contribution in [-0.4, -0.2) is 31.9 Å². The zero-order valence-electron chi connectivity index (χ0n) is 13.0. The second-order valence-corrected chi connectivity index (χ2v) is 5.31. The van der Waals surface area contributed by atoms with Gasteiger partial charge in [-0.2, -0.15) is 0 Å². The van der Waals surface area contributed by atoms with E-state index in [2.05, 4.69) is 15.6 Å². The van der Waals surface area contributed by atoms with Gasteiger partial charge in [-0.3, -0.25) is 9.79 Å². The average Bonchev–Trinajstić information content (AvgIpc) is 3.10. The van der Waals surface area contributed by atoms with Gasteiger partial charge in [0.05, 0.1) is 20.1 Å². The van der Waals surface area contributed by atoms with E-state index < -0.39 is 0 Å². The molecule has 1 aliphatic heterocycles. The summed E-state index contributed by atoms with van der Waals surface area (Å²) < 4.78 is 5.11. The van der Waals surface area contributed by atoms with Crippen LogP contribution in [0.25, 0.3) is 0 Å². The fourth-order valence-electron chi connectivity index (χ4n) is 2.47. The number of amidine groups is 1. The maximum Gasteiger partial charge on any atom is 0.228 e. The molecule has 0 atom stereocenters. The molecule has 2 aromatic rings. The summed E-state index contributed by atoms with van der Waals surface area (Å²) in [5.74, 6) is 1.62. The number of hydrogen-bond donors (Lipinski definition) is 2. The van der Waals surface area contributed by atoms with E-state index >= 15 is 0 Å². The molecule has 0 radical (unpaired) electrons. The summed E-state index contributed by atoms with van der Waals surface area (Å²) in [5.41, 5.74) is 2.71. The molecule has 0 bridgehead atoms. The Kier molecular flexibility index (Phi) is 4.57. The smallest absolute Gasteiger partial charge is 0.228 e. The first kappa shape index (κ1) is 15.1. The van der Waals surface area contributed by atoms with Crippen molar-refractivity contribution in [2.75, 3.05) is 25.5 Å². The van der Waals surface area contributed by atoms with Gasteiger partial charge in [0, 0.05) is 17.8 Å². The van der Waals surface area contributed by atoms with E-state index in [0.717, 1.165) is 41.5 Å². The van der Waals surface area contributed by atoms with Gasteiger partial charge in [-0.05, 0) is 29.8 Å². The van der Waals surface area contributed by atoms with Gasteiger partial charge in [-0.1, -0.05) is 24.3 Å². The molecule has 1 heterocycles. The predicted molar refractivity (Wildman–Crippen MR) is 91.2 cm³/mol. The predicted octanol–water partition coefficient (Wildman–Crippen LogP) is 2.23. The van der Waals surface area contributed by atoms with Crippen molar-refractivity contribution in [1.82, 2.24) is 5.32 Å². The van der Waals surface area contributed by atoms with E-state index in [1.807, 2.05) is 48.5 Å². The number of nitrogens with one attached hydrogen (secondary N) is 2. The minimum absolute atomic E-state index is 0.0476. The van der Waals surface area contributed by atoms with Gasteiger partial charge in [0.1, 0.15) is 11.6 Å². The molecule has 2 aromatic carbocycles. The molecular formula is C18H19N3O2. The fraction of sp³-hybridized carbons (Fsp3) is 0.222. The van der Waals surface area contributed by atoms with Gasteiger partial charge in [-0.25, -0.2) is 0 Å². The van der Waals surface area contributed by atoms with Gasteiger partial charge in [-0.15, -0.1) is 0 Å². The standard InChI is InChI=1S/C18H19N3O2/c1-23-16-7-5-13(6-8-16)11-17(22)21-15-4-2-3-14(12-15)18-19-9-10-20-18/h2-8,12H,9-11H2,1H3,(H,19,20)(H,21,22).